The molecule has 2 N–H and O–H groups in total. The van der Waals surface area contributed by atoms with Crippen LogP contribution in [0, 0.1) is 13.8 Å². The SMILES string of the molecule is COc1ccccc1C(=O)NCc1nnc(SCC(=O)Nc2cccc(C)c2C)n1C. The molecule has 1 heterocycles. The number of aromatic nitrogens is 3. The van der Waals surface area contributed by atoms with Gasteiger partial charge in [-0.2, -0.15) is 0 Å². The van der Waals surface area contributed by atoms with Gasteiger partial charge in [-0.25, -0.2) is 0 Å². The molecule has 0 saturated heterocycles. The fourth-order valence-electron chi connectivity index (χ4n) is 2.91. The van der Waals surface area contributed by atoms with E-state index in [0.717, 1.165) is 16.8 Å². The quantitative estimate of drug-likeness (QED) is 0.524. The molecule has 0 bridgehead atoms. The molecule has 0 radical (unpaired) electrons. The molecule has 0 saturated carbocycles. The minimum absolute atomic E-state index is 0.118. The highest BCUT2D eigenvalue weighted by Crippen LogP contribution is 2.20. The first kappa shape index (κ1) is 22.4. The number of para-hydroxylation sites is 1. The minimum atomic E-state index is -0.262. The van der Waals surface area contributed by atoms with Crippen molar-refractivity contribution in [2.75, 3.05) is 18.2 Å². The van der Waals surface area contributed by atoms with Crippen molar-refractivity contribution in [1.82, 2.24) is 20.1 Å². The molecule has 31 heavy (non-hydrogen) atoms. The Balaban J connectivity index is 1.55. The predicted molar refractivity (Wildman–Crippen MR) is 120 cm³/mol. The standard InChI is InChI=1S/C22H25N5O3S/c1-14-8-7-10-17(15(14)2)24-20(28)13-31-22-26-25-19(27(22)3)12-23-21(29)16-9-5-6-11-18(16)30-4/h5-11H,12-13H2,1-4H3,(H,23,29)(H,24,28). The Morgan fingerprint density at radius 1 is 1.10 bits per heavy atom. The molecular weight excluding hydrogens is 414 g/mol. The van der Waals surface area contributed by atoms with Gasteiger partial charge < -0.3 is 19.9 Å². The van der Waals surface area contributed by atoms with E-state index in [1.807, 2.05) is 32.0 Å². The topological polar surface area (TPSA) is 98.1 Å². The van der Waals surface area contributed by atoms with Gasteiger partial charge in [-0.1, -0.05) is 36.0 Å². The first-order valence-electron chi connectivity index (χ1n) is 9.69. The van der Waals surface area contributed by atoms with E-state index in [1.54, 1.807) is 35.9 Å². The normalized spacial score (nSPS) is 10.6. The lowest BCUT2D eigenvalue weighted by molar-refractivity contribution is -0.113. The zero-order chi connectivity index (χ0) is 22.4. The van der Waals surface area contributed by atoms with Gasteiger partial charge in [0, 0.05) is 12.7 Å². The van der Waals surface area contributed by atoms with Crippen LogP contribution >= 0.6 is 11.8 Å². The maximum Gasteiger partial charge on any atom is 0.255 e. The fraction of sp³-hybridized carbons (Fsp3) is 0.273. The van der Waals surface area contributed by atoms with Crippen LogP contribution in [0.15, 0.2) is 47.6 Å². The minimum Gasteiger partial charge on any atom is -0.496 e. The smallest absolute Gasteiger partial charge is 0.255 e. The largest absolute Gasteiger partial charge is 0.496 e. The summed E-state index contributed by atoms with van der Waals surface area (Å²) in [5.74, 6) is 0.910. The highest BCUT2D eigenvalue weighted by molar-refractivity contribution is 7.99. The predicted octanol–water partition coefficient (Wildman–Crippen LogP) is 3.10. The number of benzene rings is 2. The van der Waals surface area contributed by atoms with Crippen molar-refractivity contribution < 1.29 is 14.3 Å². The van der Waals surface area contributed by atoms with Gasteiger partial charge in [-0.3, -0.25) is 9.59 Å². The van der Waals surface area contributed by atoms with E-state index in [4.69, 9.17) is 4.74 Å². The summed E-state index contributed by atoms with van der Waals surface area (Å²) in [6.45, 7) is 4.19. The highest BCUT2D eigenvalue weighted by Gasteiger charge is 2.15. The molecule has 8 nitrogen and oxygen atoms in total. The van der Waals surface area contributed by atoms with Crippen LogP contribution in [0.25, 0.3) is 0 Å². The van der Waals surface area contributed by atoms with Gasteiger partial charge >= 0.3 is 0 Å². The molecule has 3 rings (SSSR count). The summed E-state index contributed by atoms with van der Waals surface area (Å²) in [6.07, 6.45) is 0. The molecule has 0 atom stereocenters. The highest BCUT2D eigenvalue weighted by atomic mass is 32.2. The lowest BCUT2D eigenvalue weighted by Gasteiger charge is -2.10. The maximum atomic E-state index is 12.4. The van der Waals surface area contributed by atoms with Crippen molar-refractivity contribution in [2.45, 2.75) is 25.5 Å². The summed E-state index contributed by atoms with van der Waals surface area (Å²) in [4.78, 5) is 24.8. The zero-order valence-electron chi connectivity index (χ0n) is 17.9. The molecule has 0 aliphatic heterocycles. The first-order chi connectivity index (χ1) is 14.9. The Labute approximate surface area is 185 Å². The number of methoxy groups -OCH3 is 1. The van der Waals surface area contributed by atoms with Crippen molar-refractivity contribution in [3.63, 3.8) is 0 Å². The van der Waals surface area contributed by atoms with Crippen LogP contribution in [0.1, 0.15) is 27.3 Å². The number of amides is 2. The van der Waals surface area contributed by atoms with E-state index in [0.29, 0.717) is 22.3 Å². The Kier molecular flexibility index (Phi) is 7.30. The first-order valence-corrected chi connectivity index (χ1v) is 10.7. The third-order valence-electron chi connectivity index (χ3n) is 4.89. The van der Waals surface area contributed by atoms with Crippen LogP contribution in [0.5, 0.6) is 5.75 Å². The van der Waals surface area contributed by atoms with E-state index in [1.165, 1.54) is 18.9 Å². The third kappa shape index (κ3) is 5.43. The molecule has 0 unspecified atom stereocenters. The zero-order valence-corrected chi connectivity index (χ0v) is 18.7. The van der Waals surface area contributed by atoms with Crippen molar-refractivity contribution in [3.8, 4) is 5.75 Å². The van der Waals surface area contributed by atoms with Crippen LogP contribution in [0.2, 0.25) is 0 Å². The van der Waals surface area contributed by atoms with Crippen LogP contribution in [-0.2, 0) is 18.4 Å². The number of aryl methyl sites for hydroxylation is 1. The second-order valence-electron chi connectivity index (χ2n) is 6.93. The maximum absolute atomic E-state index is 12.4. The summed E-state index contributed by atoms with van der Waals surface area (Å²) in [5.41, 5.74) is 3.43. The molecule has 2 aromatic carbocycles. The fourth-order valence-corrected chi connectivity index (χ4v) is 3.64. The molecular formula is C22H25N5O3S. The third-order valence-corrected chi connectivity index (χ3v) is 5.92. The summed E-state index contributed by atoms with van der Waals surface area (Å²) >= 11 is 1.29. The number of nitrogens with zero attached hydrogens (tertiary/aromatic N) is 3. The average molecular weight is 440 g/mol. The van der Waals surface area contributed by atoms with E-state index < -0.39 is 0 Å². The van der Waals surface area contributed by atoms with Gasteiger partial charge in [0.25, 0.3) is 5.91 Å². The van der Waals surface area contributed by atoms with Crippen LogP contribution in [0.3, 0.4) is 0 Å². The summed E-state index contributed by atoms with van der Waals surface area (Å²) in [7, 11) is 3.32. The Morgan fingerprint density at radius 2 is 1.87 bits per heavy atom. The Morgan fingerprint density at radius 3 is 2.65 bits per heavy atom. The number of hydrogen-bond donors (Lipinski definition) is 2. The summed E-state index contributed by atoms with van der Waals surface area (Å²) in [6, 6.07) is 12.8. The van der Waals surface area contributed by atoms with Crippen LogP contribution in [-0.4, -0.2) is 39.4 Å². The average Bonchev–Trinajstić information content (AvgIpc) is 3.13. The van der Waals surface area contributed by atoms with Gasteiger partial charge in [0.15, 0.2) is 11.0 Å². The number of carbonyl (C=O) groups is 2. The van der Waals surface area contributed by atoms with Crippen LogP contribution in [0.4, 0.5) is 5.69 Å². The molecule has 0 aliphatic rings. The van der Waals surface area contributed by atoms with Gasteiger partial charge in [0.05, 0.1) is 25.0 Å². The van der Waals surface area contributed by atoms with Gasteiger partial charge in [-0.15, -0.1) is 10.2 Å². The van der Waals surface area contributed by atoms with Crippen molar-refractivity contribution in [2.24, 2.45) is 7.05 Å². The Hall–Kier alpha value is -3.33. The van der Waals surface area contributed by atoms with Crippen molar-refractivity contribution >= 4 is 29.3 Å². The molecule has 0 fully saturated rings. The monoisotopic (exact) mass is 439 g/mol. The number of anilines is 1. The molecule has 9 heteroatoms. The van der Waals surface area contributed by atoms with E-state index in [-0.39, 0.29) is 24.1 Å². The number of hydrogen-bond acceptors (Lipinski definition) is 6. The van der Waals surface area contributed by atoms with E-state index in [2.05, 4.69) is 20.8 Å². The summed E-state index contributed by atoms with van der Waals surface area (Å²) in [5, 5.41) is 14.6. The molecule has 0 aliphatic carbocycles. The Bertz CT molecular complexity index is 1100. The van der Waals surface area contributed by atoms with Gasteiger partial charge in [0.1, 0.15) is 5.75 Å². The van der Waals surface area contributed by atoms with E-state index >= 15 is 0 Å². The van der Waals surface area contributed by atoms with Gasteiger partial charge in [0.2, 0.25) is 5.91 Å². The lowest BCUT2D eigenvalue weighted by atomic mass is 10.1. The lowest BCUT2D eigenvalue weighted by Crippen LogP contribution is -2.25. The number of ether oxygens (including phenoxy) is 1. The number of thioether (sulfide) groups is 1. The number of nitrogens with one attached hydrogen (secondary N) is 2. The molecule has 0 spiro atoms. The van der Waals surface area contributed by atoms with Crippen LogP contribution < -0.4 is 15.4 Å². The molecule has 162 valence electrons. The van der Waals surface area contributed by atoms with Crippen molar-refractivity contribution in [1.29, 1.82) is 0 Å². The molecule has 2 amide bonds. The molecule has 3 aromatic rings. The second-order valence-corrected chi connectivity index (χ2v) is 7.87. The number of carbonyl (C=O) groups excluding carboxylic acids is 2. The molecule has 1 aromatic heterocycles. The number of rotatable bonds is 8. The van der Waals surface area contributed by atoms with Crippen molar-refractivity contribution in [3.05, 3.63) is 65.0 Å². The summed E-state index contributed by atoms with van der Waals surface area (Å²) < 4.78 is 6.98. The van der Waals surface area contributed by atoms with E-state index in [9.17, 15) is 9.59 Å². The van der Waals surface area contributed by atoms with Gasteiger partial charge in [-0.05, 0) is 43.2 Å². The second kappa shape index (κ2) is 10.1.